The van der Waals surface area contributed by atoms with E-state index in [1.165, 1.54) is 44.8 Å². The molecule has 9 rings (SSSR count). The van der Waals surface area contributed by atoms with Crippen molar-refractivity contribution >= 4 is 17.9 Å². The van der Waals surface area contributed by atoms with Gasteiger partial charge in [0.15, 0.2) is 11.6 Å². The Kier molecular flexibility index (Phi) is 13.2. The van der Waals surface area contributed by atoms with Crippen molar-refractivity contribution in [1.82, 2.24) is 49.8 Å². The number of H-pyrrole nitrogens is 2. The Hall–Kier alpha value is -6.57. The van der Waals surface area contributed by atoms with Gasteiger partial charge in [-0.25, -0.2) is 14.8 Å². The Bertz CT molecular complexity index is 2620. The van der Waals surface area contributed by atoms with E-state index in [0.29, 0.717) is 24.8 Å². The molecule has 3 aromatic carbocycles. The molecule has 3 atom stereocenters. The smallest absolute Gasteiger partial charge is 0.407 e. The van der Waals surface area contributed by atoms with Crippen LogP contribution in [0.4, 0.5) is 4.79 Å². The van der Waals surface area contributed by atoms with Gasteiger partial charge in [0, 0.05) is 36.3 Å². The highest BCUT2D eigenvalue weighted by atomic mass is 16.5. The molecular formula is C52H62N10O4. The topological polar surface area (TPSA) is 167 Å². The van der Waals surface area contributed by atoms with Crippen molar-refractivity contribution in [2.24, 2.45) is 11.8 Å². The molecule has 0 radical (unpaired) electrons. The van der Waals surface area contributed by atoms with E-state index in [1.54, 1.807) is 0 Å². The number of nitrogens with one attached hydrogen (secondary N) is 3. The van der Waals surface area contributed by atoms with E-state index in [9.17, 15) is 14.4 Å². The number of imidazole rings is 2. The number of rotatable bonds is 13. The third-order valence-electron chi connectivity index (χ3n) is 13.7. The summed E-state index contributed by atoms with van der Waals surface area (Å²) in [5, 5.41) is 12.4. The van der Waals surface area contributed by atoms with Crippen LogP contribution in [0, 0.1) is 11.8 Å². The molecule has 3 amide bonds. The van der Waals surface area contributed by atoms with Gasteiger partial charge in [0.2, 0.25) is 11.8 Å². The fourth-order valence-electron chi connectivity index (χ4n) is 10.1. The van der Waals surface area contributed by atoms with Gasteiger partial charge in [0.25, 0.3) is 0 Å². The summed E-state index contributed by atoms with van der Waals surface area (Å²) in [7, 11) is 1.30. The number of carbonyl (C=O) groups excluding carboxylic acids is 3. The fraction of sp³-hybridized carbons (Fsp3) is 0.442. The van der Waals surface area contributed by atoms with Crippen molar-refractivity contribution in [3.8, 4) is 51.0 Å². The highest BCUT2D eigenvalue weighted by Gasteiger charge is 2.38. The van der Waals surface area contributed by atoms with E-state index in [0.717, 1.165) is 94.9 Å². The average molecular weight is 891 g/mol. The molecule has 3 aromatic heterocycles. The van der Waals surface area contributed by atoms with Crippen LogP contribution >= 0.6 is 0 Å². The van der Waals surface area contributed by atoms with Gasteiger partial charge in [-0.2, -0.15) is 0 Å². The highest BCUT2D eigenvalue weighted by Crippen LogP contribution is 2.37. The van der Waals surface area contributed by atoms with Crippen molar-refractivity contribution in [3.63, 3.8) is 0 Å². The van der Waals surface area contributed by atoms with E-state index in [1.807, 2.05) is 36.0 Å². The maximum absolute atomic E-state index is 13.7. The van der Waals surface area contributed by atoms with E-state index in [4.69, 9.17) is 24.9 Å². The van der Waals surface area contributed by atoms with Gasteiger partial charge in [-0.05, 0) is 85.1 Å². The number of carbonyl (C=O) groups is 3. The molecule has 0 bridgehead atoms. The zero-order chi connectivity index (χ0) is 45.9. The van der Waals surface area contributed by atoms with Crippen LogP contribution in [-0.2, 0) is 14.3 Å². The summed E-state index contributed by atoms with van der Waals surface area (Å²) in [6, 6.07) is 24.6. The molecule has 3 fully saturated rings. The van der Waals surface area contributed by atoms with Gasteiger partial charge in [-0.3, -0.25) is 14.2 Å². The molecule has 14 heteroatoms. The fourth-order valence-corrected chi connectivity index (χ4v) is 10.1. The number of aromatic amines is 2. The predicted molar refractivity (Wildman–Crippen MR) is 254 cm³/mol. The van der Waals surface area contributed by atoms with Crippen LogP contribution in [0.5, 0.6) is 0 Å². The normalized spacial score (nSPS) is 18.3. The lowest BCUT2D eigenvalue weighted by atomic mass is 9.84. The zero-order valence-corrected chi connectivity index (χ0v) is 38.8. The molecule has 2 aliphatic heterocycles. The van der Waals surface area contributed by atoms with E-state index < -0.39 is 12.1 Å². The maximum Gasteiger partial charge on any atom is 0.407 e. The van der Waals surface area contributed by atoms with Crippen LogP contribution in [0.25, 0.3) is 51.0 Å². The van der Waals surface area contributed by atoms with Crippen LogP contribution in [0.15, 0.2) is 85.2 Å². The molecule has 0 unspecified atom stereocenters. The molecule has 0 spiro atoms. The van der Waals surface area contributed by atoms with Gasteiger partial charge in [0.1, 0.15) is 17.7 Å². The third kappa shape index (κ3) is 9.27. The summed E-state index contributed by atoms with van der Waals surface area (Å²) >= 11 is 0. The minimum Gasteiger partial charge on any atom is -0.453 e. The Morgan fingerprint density at radius 1 is 0.667 bits per heavy atom. The summed E-state index contributed by atoms with van der Waals surface area (Å²) < 4.78 is 6.95. The summed E-state index contributed by atoms with van der Waals surface area (Å²) in [4.78, 5) is 59.2. The van der Waals surface area contributed by atoms with Crippen molar-refractivity contribution < 1.29 is 19.1 Å². The van der Waals surface area contributed by atoms with Crippen molar-refractivity contribution in [1.29, 1.82) is 0 Å². The molecule has 3 aliphatic rings. The molecule has 1 aliphatic carbocycles. The molecular weight excluding hydrogens is 829 g/mol. The largest absolute Gasteiger partial charge is 0.453 e. The quantitative estimate of drug-likeness (QED) is 0.103. The lowest BCUT2D eigenvalue weighted by Crippen LogP contribution is -2.51. The number of hydrogen-bond donors (Lipinski definition) is 3. The number of likely N-dealkylation sites (tertiary alicyclic amines) is 2. The second-order valence-corrected chi connectivity index (χ2v) is 19.0. The van der Waals surface area contributed by atoms with Crippen LogP contribution in [-0.4, -0.2) is 88.6 Å². The minimum atomic E-state index is -0.699. The second-order valence-electron chi connectivity index (χ2n) is 19.0. The number of nitrogens with zero attached hydrogens (tertiary/aromatic N) is 7. The first kappa shape index (κ1) is 44.6. The van der Waals surface area contributed by atoms with E-state index in [-0.39, 0.29) is 29.8 Å². The molecule has 1 saturated carbocycles. The molecule has 14 nitrogen and oxygen atoms in total. The third-order valence-corrected chi connectivity index (χ3v) is 13.7. The lowest BCUT2D eigenvalue weighted by Gasteiger charge is -2.30. The van der Waals surface area contributed by atoms with Crippen LogP contribution in [0.2, 0.25) is 0 Å². The number of ether oxygens (including phenoxy) is 1. The first-order valence-corrected chi connectivity index (χ1v) is 23.9. The Morgan fingerprint density at radius 3 is 1.70 bits per heavy atom. The van der Waals surface area contributed by atoms with Gasteiger partial charge in [0.05, 0.1) is 43.0 Å². The standard InChI is InChI=1S/C52H62N10O4/c1-32(2)29-45(63)60-27-9-13-43(60)47-53-30-41(55-47)36-15-19-38(20-16-36)49-58-59-50(62(49)40-25-23-35(24-26-40)34-11-7-6-8-12-34)39-21-17-37(18-22-39)42-31-54-48(56-42)44-14-10-28-61(44)51(64)46(33(3)4)57-52(65)66-5/h15-26,30-34,43-44,46H,6-14,27-29H2,1-5H3,(H,53,55)(H,54,56)(H,57,65)/t43-,44-,46-/m0/s1. The summed E-state index contributed by atoms with van der Waals surface area (Å²) in [6.07, 6.45) is 13.5. The Balaban J connectivity index is 0.976. The first-order valence-electron chi connectivity index (χ1n) is 23.9. The molecule has 66 heavy (non-hydrogen) atoms. The molecule has 6 aromatic rings. The summed E-state index contributed by atoms with van der Waals surface area (Å²) in [5.74, 6) is 3.86. The first-order chi connectivity index (χ1) is 32.1. The number of benzene rings is 3. The van der Waals surface area contributed by atoms with Crippen LogP contribution < -0.4 is 5.32 Å². The van der Waals surface area contributed by atoms with Crippen molar-refractivity contribution in [3.05, 3.63) is 102 Å². The average Bonchev–Trinajstić information content (AvgIpc) is 4.20. The van der Waals surface area contributed by atoms with Gasteiger partial charge >= 0.3 is 6.09 Å². The SMILES string of the molecule is COC(=O)N[C@H](C(=O)N1CCC[C@H]1c1ncc(-c2ccc(-c3nnc(-c4ccc(-c5cnc([C@@H]6CCCN6C(=O)CC(C)C)[nH]5)cc4)n3-c3ccc(C4CCCCC4)cc3)cc2)[nH]1)C(C)C. The number of alkyl carbamates (subject to hydrolysis) is 1. The number of aromatic nitrogens is 7. The highest BCUT2D eigenvalue weighted by molar-refractivity contribution is 5.86. The second kappa shape index (κ2) is 19.5. The molecule has 2 saturated heterocycles. The van der Waals surface area contributed by atoms with Crippen molar-refractivity contribution in [2.75, 3.05) is 20.2 Å². The number of methoxy groups -OCH3 is 1. The zero-order valence-electron chi connectivity index (χ0n) is 38.8. The predicted octanol–water partition coefficient (Wildman–Crippen LogP) is 10.2. The minimum absolute atomic E-state index is 0.0289. The monoisotopic (exact) mass is 890 g/mol. The summed E-state index contributed by atoms with van der Waals surface area (Å²) in [5.41, 5.74) is 7.90. The van der Waals surface area contributed by atoms with Crippen LogP contribution in [0.1, 0.15) is 127 Å². The lowest BCUT2D eigenvalue weighted by molar-refractivity contribution is -0.135. The van der Waals surface area contributed by atoms with Gasteiger partial charge in [-0.15, -0.1) is 10.2 Å². The van der Waals surface area contributed by atoms with Crippen LogP contribution in [0.3, 0.4) is 0 Å². The molecule has 344 valence electrons. The Labute approximate surface area is 387 Å². The Morgan fingerprint density at radius 2 is 1.18 bits per heavy atom. The maximum atomic E-state index is 13.7. The van der Waals surface area contributed by atoms with Crippen molar-refractivity contribution in [2.45, 2.75) is 116 Å². The van der Waals surface area contributed by atoms with Gasteiger partial charge in [-0.1, -0.05) is 108 Å². The van der Waals surface area contributed by atoms with Gasteiger partial charge < -0.3 is 29.8 Å². The number of hydrogen-bond acceptors (Lipinski definition) is 8. The molecule has 3 N–H and O–H groups in total. The number of amides is 3. The molecule has 5 heterocycles. The van der Waals surface area contributed by atoms with E-state index >= 15 is 0 Å². The van der Waals surface area contributed by atoms with E-state index in [2.05, 4.69) is 106 Å². The summed E-state index contributed by atoms with van der Waals surface area (Å²) in [6.45, 7) is 9.35.